The molecule has 0 amide bonds. The van der Waals surface area contributed by atoms with Gasteiger partial charge in [-0.25, -0.2) is 8.42 Å². The van der Waals surface area contributed by atoms with E-state index in [9.17, 15) is 23.4 Å². The minimum atomic E-state index is -4.01. The summed E-state index contributed by atoms with van der Waals surface area (Å²) < 4.78 is 28.0. The first-order valence-corrected chi connectivity index (χ1v) is 12.8. The van der Waals surface area contributed by atoms with Gasteiger partial charge in [0.1, 0.15) is 15.7 Å². The van der Waals surface area contributed by atoms with Gasteiger partial charge in [-0.1, -0.05) is 53.6 Å². The van der Waals surface area contributed by atoms with Crippen molar-refractivity contribution >= 4 is 67.0 Å². The van der Waals surface area contributed by atoms with Crippen molar-refractivity contribution in [2.45, 2.75) is 28.4 Å². The Balaban J connectivity index is 1.69. The number of nitrogens with one attached hydrogen (secondary N) is 1. The predicted octanol–water partition coefficient (Wildman–Crippen LogP) is 5.23. The number of Topliss-reactive ketones (excluding diaryl/α,β-unsaturated/α-hetero) is 1. The van der Waals surface area contributed by atoms with Crippen molar-refractivity contribution < 1.29 is 23.4 Å². The molecule has 1 aliphatic rings. The number of rotatable bonds is 7. The Bertz CT molecular complexity index is 1220. The number of benzene rings is 2. The highest BCUT2D eigenvalue weighted by Crippen LogP contribution is 2.42. The Morgan fingerprint density at radius 3 is 2.50 bits per heavy atom. The highest BCUT2D eigenvalue weighted by Gasteiger charge is 2.26. The summed E-state index contributed by atoms with van der Waals surface area (Å²) in [6.07, 6.45) is 2.88. The normalized spacial score (nSPS) is 14.6. The van der Waals surface area contributed by atoms with Gasteiger partial charge in [-0.15, -0.1) is 11.8 Å². The molecule has 0 saturated heterocycles. The van der Waals surface area contributed by atoms with Crippen molar-refractivity contribution in [1.82, 2.24) is 0 Å². The van der Waals surface area contributed by atoms with Gasteiger partial charge in [-0.3, -0.25) is 9.52 Å². The van der Waals surface area contributed by atoms with Crippen LogP contribution in [0.1, 0.15) is 19.3 Å². The minimum Gasteiger partial charge on any atom is -0.506 e. The van der Waals surface area contributed by atoms with E-state index in [1.165, 1.54) is 23.9 Å². The van der Waals surface area contributed by atoms with Crippen molar-refractivity contribution in [2.24, 2.45) is 5.92 Å². The number of carbonyl (C=O) groups is 1. The number of phenolic OH excluding ortho intramolecular Hbond substituents is 1. The quantitative estimate of drug-likeness (QED) is 0.314. The highest BCUT2D eigenvalue weighted by atomic mass is 35.5. The second-order valence-corrected chi connectivity index (χ2v) is 11.4. The van der Waals surface area contributed by atoms with Crippen LogP contribution in [0.5, 0.6) is 10.8 Å². The summed E-state index contributed by atoms with van der Waals surface area (Å²) in [5.41, 5.74) is 0.269. The Kier molecular flexibility index (Phi) is 5.89. The Labute approximate surface area is 186 Å². The molecule has 1 aliphatic carbocycles. The number of hydrogen-bond donors (Lipinski definition) is 3. The molecule has 6 nitrogen and oxygen atoms in total. The second kappa shape index (κ2) is 8.30. The number of ketones is 1. The van der Waals surface area contributed by atoms with Crippen LogP contribution < -0.4 is 4.72 Å². The van der Waals surface area contributed by atoms with Crippen molar-refractivity contribution in [1.29, 1.82) is 0 Å². The van der Waals surface area contributed by atoms with E-state index >= 15 is 0 Å². The maximum absolute atomic E-state index is 12.8. The first-order chi connectivity index (χ1) is 14.3. The molecule has 3 N–H and O–H groups in total. The lowest BCUT2D eigenvalue weighted by Gasteiger charge is -2.23. The van der Waals surface area contributed by atoms with Crippen LogP contribution in [0.4, 0.5) is 5.69 Å². The lowest BCUT2D eigenvalue weighted by Crippen LogP contribution is -2.23. The van der Waals surface area contributed by atoms with Gasteiger partial charge >= 0.3 is 0 Å². The number of aromatic hydroxyl groups is 2. The number of fused-ring (bicyclic) bond motifs is 1. The Hall–Kier alpha value is -1.94. The molecule has 1 fully saturated rings. The molecule has 10 heteroatoms. The van der Waals surface area contributed by atoms with Gasteiger partial charge in [0.2, 0.25) is 0 Å². The maximum atomic E-state index is 12.8. The molecule has 0 bridgehead atoms. The number of halogens is 1. The number of phenols is 1. The third kappa shape index (κ3) is 4.12. The summed E-state index contributed by atoms with van der Waals surface area (Å²) in [5, 5.41) is 21.0. The van der Waals surface area contributed by atoms with Gasteiger partial charge in [0.15, 0.2) is 5.06 Å². The van der Waals surface area contributed by atoms with E-state index in [4.69, 9.17) is 11.6 Å². The van der Waals surface area contributed by atoms with Crippen LogP contribution in [0.25, 0.3) is 10.8 Å². The second-order valence-electron chi connectivity index (χ2n) is 7.02. The number of sulfonamides is 1. The third-order valence-electron chi connectivity index (χ3n) is 5.07. The first-order valence-electron chi connectivity index (χ1n) is 9.17. The number of thioether (sulfide) groups is 1. The summed E-state index contributed by atoms with van der Waals surface area (Å²) in [5.74, 6) is 0.465. The number of anilines is 1. The predicted molar refractivity (Wildman–Crippen MR) is 120 cm³/mol. The highest BCUT2D eigenvalue weighted by molar-refractivity contribution is 8.00. The molecule has 4 rings (SSSR count). The maximum Gasteiger partial charge on any atom is 0.271 e. The molecule has 158 valence electrons. The zero-order chi connectivity index (χ0) is 21.5. The molecule has 1 aromatic heterocycles. The Morgan fingerprint density at radius 1 is 1.20 bits per heavy atom. The average molecular weight is 484 g/mol. The lowest BCUT2D eigenvalue weighted by atomic mass is 9.83. The summed E-state index contributed by atoms with van der Waals surface area (Å²) in [6.45, 7) is 0. The number of carbonyl (C=O) groups excluding carboxylic acids is 1. The zero-order valence-electron chi connectivity index (χ0n) is 15.6. The topological polar surface area (TPSA) is 104 Å². The van der Waals surface area contributed by atoms with E-state index in [2.05, 4.69) is 4.72 Å². The monoisotopic (exact) mass is 483 g/mol. The van der Waals surface area contributed by atoms with Crippen LogP contribution in [-0.4, -0.2) is 30.2 Å². The molecular weight excluding hydrogens is 466 g/mol. The first kappa shape index (κ1) is 21.3. The van der Waals surface area contributed by atoms with E-state index < -0.39 is 10.0 Å². The summed E-state index contributed by atoms with van der Waals surface area (Å²) in [7, 11) is -4.01. The Morgan fingerprint density at radius 2 is 1.90 bits per heavy atom. The summed E-state index contributed by atoms with van der Waals surface area (Å²) in [6, 6.07) is 9.57. The SMILES string of the molecule is O=C(CSc1cc(NS(=O)(=O)c2cc(Cl)c(O)s2)c2ccccc2c1O)C1CCC1. The third-order valence-corrected chi connectivity index (χ3v) is 9.29. The van der Waals surface area contributed by atoms with Gasteiger partial charge in [0.25, 0.3) is 10.0 Å². The van der Waals surface area contributed by atoms with Crippen LogP contribution in [0.3, 0.4) is 0 Å². The van der Waals surface area contributed by atoms with E-state index in [0.29, 0.717) is 27.0 Å². The molecule has 2 aromatic carbocycles. The fraction of sp³-hybridized carbons (Fsp3) is 0.250. The summed E-state index contributed by atoms with van der Waals surface area (Å²) >= 11 is 7.64. The summed E-state index contributed by atoms with van der Waals surface area (Å²) in [4.78, 5) is 12.7. The molecule has 3 aromatic rings. The fourth-order valence-corrected chi connectivity index (χ4v) is 6.68. The van der Waals surface area contributed by atoms with E-state index in [1.807, 2.05) is 0 Å². The van der Waals surface area contributed by atoms with Crippen molar-refractivity contribution in [3.8, 4) is 10.8 Å². The molecule has 1 saturated carbocycles. The van der Waals surface area contributed by atoms with Crippen LogP contribution in [0.15, 0.2) is 45.5 Å². The largest absolute Gasteiger partial charge is 0.506 e. The molecule has 0 aliphatic heterocycles. The van der Waals surface area contributed by atoms with Crippen molar-refractivity contribution in [3.63, 3.8) is 0 Å². The van der Waals surface area contributed by atoms with Gasteiger partial charge in [-0.2, -0.15) is 0 Å². The van der Waals surface area contributed by atoms with Crippen LogP contribution >= 0.6 is 34.7 Å². The van der Waals surface area contributed by atoms with Crippen LogP contribution in [0.2, 0.25) is 5.02 Å². The van der Waals surface area contributed by atoms with Crippen LogP contribution in [0, 0.1) is 5.92 Å². The van der Waals surface area contributed by atoms with Crippen LogP contribution in [-0.2, 0) is 14.8 Å². The molecule has 0 spiro atoms. The average Bonchev–Trinajstić information content (AvgIpc) is 3.01. The molecule has 0 radical (unpaired) electrons. The van der Waals surface area contributed by atoms with Gasteiger partial charge < -0.3 is 10.2 Å². The number of hydrogen-bond acceptors (Lipinski definition) is 7. The fourth-order valence-electron chi connectivity index (χ4n) is 3.19. The van der Waals surface area contributed by atoms with Gasteiger partial charge in [0, 0.05) is 16.7 Å². The molecule has 30 heavy (non-hydrogen) atoms. The van der Waals surface area contributed by atoms with Crippen molar-refractivity contribution in [3.05, 3.63) is 41.4 Å². The molecule has 0 unspecified atom stereocenters. The lowest BCUT2D eigenvalue weighted by molar-refractivity contribution is -0.122. The van der Waals surface area contributed by atoms with Gasteiger partial charge in [0.05, 0.1) is 21.4 Å². The minimum absolute atomic E-state index is 0.0109. The molecule has 1 heterocycles. The smallest absolute Gasteiger partial charge is 0.271 e. The van der Waals surface area contributed by atoms with Crippen molar-refractivity contribution in [2.75, 3.05) is 10.5 Å². The molecule has 0 atom stereocenters. The zero-order valence-corrected chi connectivity index (χ0v) is 18.8. The molecular formula is C20H18ClNO5S3. The van der Waals surface area contributed by atoms with E-state index in [-0.39, 0.29) is 43.2 Å². The number of thiophene rings is 1. The standard InChI is InChI=1S/C20H18ClNO5S3/c21-14-8-18(29-20(14)25)30(26,27)22-15-9-17(28-10-16(23)11-4-3-5-11)19(24)13-7-2-1-6-12(13)15/h1-2,6-9,11,22,24-25H,3-5,10H2. The van der Waals surface area contributed by atoms with E-state index in [0.717, 1.165) is 19.3 Å². The van der Waals surface area contributed by atoms with Gasteiger partial charge in [-0.05, 0) is 25.0 Å². The van der Waals surface area contributed by atoms with E-state index in [1.54, 1.807) is 24.3 Å².